The number of carboxylic acids is 1. The molecule has 0 saturated carbocycles. The van der Waals surface area contributed by atoms with Gasteiger partial charge in [-0.15, -0.1) is 0 Å². The van der Waals surface area contributed by atoms with Gasteiger partial charge in [0, 0.05) is 37.7 Å². The summed E-state index contributed by atoms with van der Waals surface area (Å²) in [6.07, 6.45) is 1.26. The summed E-state index contributed by atoms with van der Waals surface area (Å²) in [7, 11) is 3.23. The second-order valence-electron chi connectivity index (χ2n) is 4.57. The maximum atomic E-state index is 11.2. The van der Waals surface area contributed by atoms with Crippen LogP contribution >= 0.6 is 0 Å². The molecular weight excluding hydrogens is 272 g/mol. The third kappa shape index (κ3) is 3.48. The molecule has 0 aliphatic carbocycles. The topological polar surface area (TPSA) is 80.7 Å². The van der Waals surface area contributed by atoms with Crippen LogP contribution < -0.4 is 5.32 Å². The van der Waals surface area contributed by atoms with Crippen LogP contribution in [0.5, 0.6) is 0 Å². The Labute approximate surface area is 122 Å². The van der Waals surface area contributed by atoms with Gasteiger partial charge in [0.15, 0.2) is 0 Å². The largest absolute Gasteiger partial charge is 0.478 e. The number of fused-ring (bicyclic) bond motifs is 1. The maximum absolute atomic E-state index is 11.2. The molecule has 0 aliphatic rings. The number of aromatic nitrogens is 1. The number of nitrogens with one attached hydrogen (secondary N) is 1. The number of anilines is 1. The van der Waals surface area contributed by atoms with Crippen LogP contribution in [-0.2, 0) is 9.47 Å². The lowest BCUT2D eigenvalue weighted by molar-refractivity contribution is 0.0365. The molecule has 0 radical (unpaired) electrons. The number of carboxylic acid groups (broad SMARTS) is 1. The molecule has 6 nitrogen and oxygen atoms in total. The van der Waals surface area contributed by atoms with E-state index in [1.807, 2.05) is 12.1 Å². The zero-order valence-corrected chi connectivity index (χ0v) is 12.0. The van der Waals surface area contributed by atoms with Crippen molar-refractivity contribution in [3.8, 4) is 0 Å². The van der Waals surface area contributed by atoms with Crippen molar-refractivity contribution in [2.75, 3.05) is 32.7 Å². The van der Waals surface area contributed by atoms with Crippen molar-refractivity contribution in [2.45, 2.75) is 6.10 Å². The summed E-state index contributed by atoms with van der Waals surface area (Å²) in [5.74, 6) is -0.354. The van der Waals surface area contributed by atoms with Crippen molar-refractivity contribution < 1.29 is 19.4 Å². The van der Waals surface area contributed by atoms with Crippen molar-refractivity contribution in [2.24, 2.45) is 0 Å². The van der Waals surface area contributed by atoms with Crippen LogP contribution in [0.15, 0.2) is 30.5 Å². The predicted molar refractivity (Wildman–Crippen MR) is 79.9 cm³/mol. The Balaban J connectivity index is 2.29. The van der Waals surface area contributed by atoms with Crippen molar-refractivity contribution in [3.05, 3.63) is 36.0 Å². The van der Waals surface area contributed by atoms with E-state index < -0.39 is 5.97 Å². The van der Waals surface area contributed by atoms with Crippen LogP contribution in [0.4, 0.5) is 5.82 Å². The van der Waals surface area contributed by atoms with Crippen molar-refractivity contribution in [1.82, 2.24) is 4.98 Å². The number of ether oxygens (including phenoxy) is 2. The van der Waals surface area contributed by atoms with Gasteiger partial charge >= 0.3 is 5.97 Å². The minimum atomic E-state index is -0.987. The van der Waals surface area contributed by atoms with E-state index in [0.29, 0.717) is 24.4 Å². The number of carbonyl (C=O) groups is 1. The summed E-state index contributed by atoms with van der Waals surface area (Å²) in [6.45, 7) is 0.988. The molecule has 0 saturated heterocycles. The van der Waals surface area contributed by atoms with E-state index in [1.54, 1.807) is 26.4 Å². The summed E-state index contributed by atoms with van der Waals surface area (Å²) in [5, 5.41) is 13.8. The van der Waals surface area contributed by atoms with Gasteiger partial charge < -0.3 is 19.9 Å². The number of benzene rings is 1. The number of aromatic carboxylic acids is 1. The molecule has 0 aliphatic heterocycles. The fourth-order valence-electron chi connectivity index (χ4n) is 2.11. The highest BCUT2D eigenvalue weighted by atomic mass is 16.5. The van der Waals surface area contributed by atoms with Gasteiger partial charge in [-0.1, -0.05) is 24.3 Å². The lowest BCUT2D eigenvalue weighted by Gasteiger charge is -2.16. The zero-order valence-electron chi connectivity index (χ0n) is 12.0. The molecular formula is C15H18N2O4. The fraction of sp³-hybridized carbons (Fsp3) is 0.333. The highest BCUT2D eigenvalue weighted by molar-refractivity contribution is 6.06. The molecule has 112 valence electrons. The molecule has 0 fully saturated rings. The second kappa shape index (κ2) is 7.01. The zero-order chi connectivity index (χ0) is 15.2. The Bertz CT molecular complexity index is 630. The average molecular weight is 290 g/mol. The van der Waals surface area contributed by atoms with Gasteiger partial charge in [0.1, 0.15) is 5.82 Å². The first-order valence-electron chi connectivity index (χ1n) is 6.54. The van der Waals surface area contributed by atoms with Gasteiger partial charge in [-0.2, -0.15) is 0 Å². The molecule has 0 spiro atoms. The summed E-state index contributed by atoms with van der Waals surface area (Å²) in [6, 6.07) is 7.27. The van der Waals surface area contributed by atoms with Crippen LogP contribution in [0, 0.1) is 0 Å². The molecule has 2 N–H and O–H groups in total. The normalized spacial score (nSPS) is 12.3. The number of hydrogen-bond acceptors (Lipinski definition) is 5. The number of pyridine rings is 1. The number of hydrogen-bond donors (Lipinski definition) is 2. The first-order valence-corrected chi connectivity index (χ1v) is 6.54. The quantitative estimate of drug-likeness (QED) is 0.812. The van der Waals surface area contributed by atoms with E-state index in [2.05, 4.69) is 10.3 Å². The van der Waals surface area contributed by atoms with Crippen LogP contribution in [0.3, 0.4) is 0 Å². The summed E-state index contributed by atoms with van der Waals surface area (Å²) in [5.41, 5.74) is 0.191. The molecule has 0 bridgehead atoms. The molecule has 2 aromatic rings. The minimum absolute atomic E-state index is 0.102. The van der Waals surface area contributed by atoms with Gasteiger partial charge in [-0.25, -0.2) is 9.78 Å². The van der Waals surface area contributed by atoms with Crippen LogP contribution in [0.2, 0.25) is 0 Å². The van der Waals surface area contributed by atoms with Crippen molar-refractivity contribution in [1.29, 1.82) is 0 Å². The molecule has 1 aromatic carbocycles. The molecule has 1 atom stereocenters. The van der Waals surface area contributed by atoms with Gasteiger partial charge in [0.2, 0.25) is 0 Å². The monoisotopic (exact) mass is 290 g/mol. The summed E-state index contributed by atoms with van der Waals surface area (Å²) >= 11 is 0. The number of rotatable bonds is 7. The maximum Gasteiger partial charge on any atom is 0.337 e. The molecule has 6 heteroatoms. The Morgan fingerprint density at radius 1 is 1.33 bits per heavy atom. The Morgan fingerprint density at radius 2 is 2.05 bits per heavy atom. The van der Waals surface area contributed by atoms with Gasteiger partial charge in [-0.05, 0) is 0 Å². The van der Waals surface area contributed by atoms with Gasteiger partial charge in [0.25, 0.3) is 0 Å². The third-order valence-corrected chi connectivity index (χ3v) is 3.21. The molecule has 0 amide bonds. The highest BCUT2D eigenvalue weighted by Crippen LogP contribution is 2.24. The number of nitrogens with zero attached hydrogens (tertiary/aromatic N) is 1. The predicted octanol–water partition coefficient (Wildman–Crippen LogP) is 2.01. The lowest BCUT2D eigenvalue weighted by Crippen LogP contribution is -2.27. The highest BCUT2D eigenvalue weighted by Gasteiger charge is 2.13. The average Bonchev–Trinajstić information content (AvgIpc) is 2.50. The third-order valence-electron chi connectivity index (χ3n) is 3.21. The van der Waals surface area contributed by atoms with E-state index in [-0.39, 0.29) is 11.7 Å². The summed E-state index contributed by atoms with van der Waals surface area (Å²) < 4.78 is 10.3. The Morgan fingerprint density at radius 3 is 2.67 bits per heavy atom. The van der Waals surface area contributed by atoms with Crippen LogP contribution in [0.1, 0.15) is 10.4 Å². The van der Waals surface area contributed by atoms with Gasteiger partial charge in [-0.3, -0.25) is 0 Å². The molecule has 1 heterocycles. The lowest BCUT2D eigenvalue weighted by atomic mass is 10.1. The molecule has 21 heavy (non-hydrogen) atoms. The molecule has 1 unspecified atom stereocenters. The van der Waals surface area contributed by atoms with E-state index in [9.17, 15) is 9.90 Å². The minimum Gasteiger partial charge on any atom is -0.478 e. The number of methoxy groups -OCH3 is 2. The van der Waals surface area contributed by atoms with Crippen LogP contribution in [-0.4, -0.2) is 49.5 Å². The summed E-state index contributed by atoms with van der Waals surface area (Å²) in [4.78, 5) is 15.4. The Kier molecular flexibility index (Phi) is 5.08. The smallest absolute Gasteiger partial charge is 0.337 e. The Hall–Kier alpha value is -2.18. The first-order chi connectivity index (χ1) is 10.2. The second-order valence-corrected chi connectivity index (χ2v) is 4.57. The van der Waals surface area contributed by atoms with E-state index in [0.717, 1.165) is 5.39 Å². The van der Waals surface area contributed by atoms with E-state index >= 15 is 0 Å². The standard InChI is InChI=1S/C15H18N2O4/c1-20-9-10(21-2)7-16-14-12-6-4-3-5-11(12)13(8-17-14)15(18)19/h3-6,8,10H,7,9H2,1-2H3,(H,16,17)(H,18,19). The first kappa shape index (κ1) is 15.2. The van der Waals surface area contributed by atoms with Crippen molar-refractivity contribution in [3.63, 3.8) is 0 Å². The molecule has 1 aromatic heterocycles. The van der Waals surface area contributed by atoms with E-state index in [1.165, 1.54) is 6.20 Å². The van der Waals surface area contributed by atoms with E-state index in [4.69, 9.17) is 9.47 Å². The molecule has 2 rings (SSSR count). The van der Waals surface area contributed by atoms with Crippen molar-refractivity contribution >= 4 is 22.6 Å². The van der Waals surface area contributed by atoms with Gasteiger partial charge in [0.05, 0.1) is 18.3 Å². The van der Waals surface area contributed by atoms with Crippen LogP contribution in [0.25, 0.3) is 10.8 Å². The fourth-order valence-corrected chi connectivity index (χ4v) is 2.11. The SMILES string of the molecule is COCC(CNc1ncc(C(=O)O)c2ccccc12)OC.